The Bertz CT molecular complexity index is 335. The van der Waals surface area contributed by atoms with Gasteiger partial charge in [-0.3, -0.25) is 4.79 Å². The van der Waals surface area contributed by atoms with Gasteiger partial charge >= 0.3 is 5.97 Å². The van der Waals surface area contributed by atoms with Crippen molar-refractivity contribution in [2.24, 2.45) is 0 Å². The molecule has 0 spiro atoms. The molecule has 0 aliphatic carbocycles. The molecule has 0 bridgehead atoms. The molecule has 0 unspecified atom stereocenters. The third-order valence-electron chi connectivity index (χ3n) is 1.71. The van der Waals surface area contributed by atoms with Gasteiger partial charge in [-0.05, 0) is 17.7 Å². The Labute approximate surface area is 80.2 Å². The fourth-order valence-electron chi connectivity index (χ4n) is 1.00. The van der Waals surface area contributed by atoms with Crippen LogP contribution in [-0.4, -0.2) is 28.4 Å². The number of carbonyl (C=O) groups excluding carboxylic acids is 1. The van der Waals surface area contributed by atoms with Crippen LogP contribution >= 0.6 is 0 Å². The van der Waals surface area contributed by atoms with Crippen LogP contribution in [0, 0.1) is 0 Å². The number of ether oxygens (including phenoxy) is 1. The summed E-state index contributed by atoms with van der Waals surface area (Å²) in [4.78, 5) is 10.8. The first kappa shape index (κ1) is 10.2. The van der Waals surface area contributed by atoms with E-state index in [0.29, 0.717) is 5.56 Å². The van der Waals surface area contributed by atoms with Crippen LogP contribution in [0.3, 0.4) is 0 Å². The first-order valence-corrected chi connectivity index (χ1v) is 3.85. The Kier molecular flexibility index (Phi) is 2.81. The molecule has 0 aromatic heterocycles. The van der Waals surface area contributed by atoms with E-state index in [1.54, 1.807) is 0 Å². The van der Waals surface area contributed by atoms with Crippen molar-refractivity contribution < 1.29 is 24.9 Å². The van der Waals surface area contributed by atoms with E-state index in [1.807, 2.05) is 0 Å². The second kappa shape index (κ2) is 3.87. The van der Waals surface area contributed by atoms with Crippen molar-refractivity contribution >= 4 is 5.97 Å². The number of benzene rings is 1. The summed E-state index contributed by atoms with van der Waals surface area (Å²) in [5.74, 6) is -2.03. The van der Waals surface area contributed by atoms with Crippen LogP contribution in [0.5, 0.6) is 17.2 Å². The normalized spacial score (nSPS) is 9.79. The van der Waals surface area contributed by atoms with Gasteiger partial charge in [-0.2, -0.15) is 0 Å². The number of hydrogen-bond acceptors (Lipinski definition) is 5. The van der Waals surface area contributed by atoms with Gasteiger partial charge in [0, 0.05) is 0 Å². The van der Waals surface area contributed by atoms with Crippen molar-refractivity contribution in [3.63, 3.8) is 0 Å². The van der Waals surface area contributed by atoms with Crippen molar-refractivity contribution in [3.05, 3.63) is 17.7 Å². The SMILES string of the molecule is COC(=O)Cc1cc(O)c(O)c(O)c1. The molecule has 1 aromatic carbocycles. The first-order chi connectivity index (χ1) is 6.54. The number of rotatable bonds is 2. The van der Waals surface area contributed by atoms with Gasteiger partial charge in [0.1, 0.15) is 0 Å². The summed E-state index contributed by atoms with van der Waals surface area (Å²) >= 11 is 0. The summed E-state index contributed by atoms with van der Waals surface area (Å²) in [7, 11) is 1.24. The molecule has 3 N–H and O–H groups in total. The quantitative estimate of drug-likeness (QED) is 0.476. The highest BCUT2D eigenvalue weighted by molar-refractivity contribution is 5.73. The molecule has 0 radical (unpaired) electrons. The molecular formula is C9H10O5. The molecule has 14 heavy (non-hydrogen) atoms. The summed E-state index contributed by atoms with van der Waals surface area (Å²) in [6.45, 7) is 0. The summed E-state index contributed by atoms with van der Waals surface area (Å²) in [6.07, 6.45) is -0.0715. The van der Waals surface area contributed by atoms with Gasteiger partial charge < -0.3 is 20.1 Å². The lowest BCUT2D eigenvalue weighted by molar-refractivity contribution is -0.139. The summed E-state index contributed by atoms with van der Waals surface area (Å²) in [6, 6.07) is 2.37. The van der Waals surface area contributed by atoms with E-state index >= 15 is 0 Å². The number of hydrogen-bond donors (Lipinski definition) is 3. The monoisotopic (exact) mass is 198 g/mol. The summed E-state index contributed by atoms with van der Waals surface area (Å²) < 4.78 is 4.40. The predicted octanol–water partition coefficient (Wildman–Crippen LogP) is 0.519. The third kappa shape index (κ3) is 2.07. The summed E-state index contributed by atoms with van der Waals surface area (Å²) in [5.41, 5.74) is 0.365. The molecule has 0 aliphatic rings. The fourth-order valence-corrected chi connectivity index (χ4v) is 1.00. The highest BCUT2D eigenvalue weighted by Gasteiger charge is 2.10. The summed E-state index contributed by atoms with van der Waals surface area (Å²) in [5, 5.41) is 27.2. The van der Waals surface area contributed by atoms with Crippen LogP contribution in [0.15, 0.2) is 12.1 Å². The number of esters is 1. The third-order valence-corrected chi connectivity index (χ3v) is 1.71. The van der Waals surface area contributed by atoms with Crippen LogP contribution in [0.2, 0.25) is 0 Å². The second-order valence-corrected chi connectivity index (χ2v) is 2.74. The van der Waals surface area contributed by atoms with E-state index in [0.717, 1.165) is 0 Å². The zero-order chi connectivity index (χ0) is 10.7. The van der Waals surface area contributed by atoms with Gasteiger partial charge in [-0.25, -0.2) is 0 Å². The largest absolute Gasteiger partial charge is 0.504 e. The van der Waals surface area contributed by atoms with Crippen molar-refractivity contribution in [2.45, 2.75) is 6.42 Å². The number of methoxy groups -OCH3 is 1. The van der Waals surface area contributed by atoms with Gasteiger partial charge in [0.2, 0.25) is 0 Å². The molecule has 0 fully saturated rings. The van der Waals surface area contributed by atoms with E-state index in [-0.39, 0.29) is 6.42 Å². The van der Waals surface area contributed by atoms with Crippen LogP contribution in [0.25, 0.3) is 0 Å². The number of carbonyl (C=O) groups is 1. The molecule has 0 aliphatic heterocycles. The minimum absolute atomic E-state index is 0.0715. The van der Waals surface area contributed by atoms with Crippen LogP contribution < -0.4 is 0 Å². The van der Waals surface area contributed by atoms with Crippen molar-refractivity contribution in [1.82, 2.24) is 0 Å². The van der Waals surface area contributed by atoms with E-state index in [4.69, 9.17) is 15.3 Å². The zero-order valence-electron chi connectivity index (χ0n) is 7.52. The van der Waals surface area contributed by atoms with Crippen LogP contribution in [0.1, 0.15) is 5.56 Å². The second-order valence-electron chi connectivity index (χ2n) is 2.74. The molecule has 5 nitrogen and oxygen atoms in total. The minimum atomic E-state index is -0.599. The zero-order valence-corrected chi connectivity index (χ0v) is 7.52. The maximum atomic E-state index is 10.8. The van der Waals surface area contributed by atoms with Crippen LogP contribution in [-0.2, 0) is 16.0 Å². The lowest BCUT2D eigenvalue weighted by Crippen LogP contribution is -2.04. The Morgan fingerprint density at radius 3 is 2.21 bits per heavy atom. The van der Waals surface area contributed by atoms with E-state index in [9.17, 15) is 4.79 Å². The van der Waals surface area contributed by atoms with Gasteiger partial charge in [0.25, 0.3) is 0 Å². The van der Waals surface area contributed by atoms with Gasteiger partial charge in [-0.15, -0.1) is 0 Å². The molecule has 5 heteroatoms. The van der Waals surface area contributed by atoms with E-state index in [1.165, 1.54) is 19.2 Å². The Morgan fingerprint density at radius 1 is 1.29 bits per heavy atom. The highest BCUT2D eigenvalue weighted by atomic mass is 16.5. The Balaban J connectivity index is 2.95. The van der Waals surface area contributed by atoms with E-state index in [2.05, 4.69) is 4.74 Å². The van der Waals surface area contributed by atoms with Gasteiger partial charge in [0.15, 0.2) is 17.2 Å². The molecule has 0 heterocycles. The topological polar surface area (TPSA) is 87.0 Å². The van der Waals surface area contributed by atoms with Crippen molar-refractivity contribution in [3.8, 4) is 17.2 Å². The molecule has 0 saturated carbocycles. The van der Waals surface area contributed by atoms with E-state index < -0.39 is 23.2 Å². The number of aromatic hydroxyl groups is 3. The molecular weight excluding hydrogens is 188 g/mol. The van der Waals surface area contributed by atoms with Gasteiger partial charge in [0.05, 0.1) is 13.5 Å². The molecule has 1 rings (SSSR count). The molecule has 0 amide bonds. The maximum Gasteiger partial charge on any atom is 0.309 e. The predicted molar refractivity (Wildman–Crippen MR) is 47.2 cm³/mol. The maximum absolute atomic E-state index is 10.8. The smallest absolute Gasteiger partial charge is 0.309 e. The Morgan fingerprint density at radius 2 is 1.79 bits per heavy atom. The van der Waals surface area contributed by atoms with Gasteiger partial charge in [-0.1, -0.05) is 0 Å². The van der Waals surface area contributed by atoms with Crippen molar-refractivity contribution in [1.29, 1.82) is 0 Å². The fraction of sp³-hybridized carbons (Fsp3) is 0.222. The minimum Gasteiger partial charge on any atom is -0.504 e. The average Bonchev–Trinajstić information content (AvgIpc) is 2.14. The molecule has 0 saturated heterocycles. The number of phenolic OH excluding ortho intramolecular Hbond substituents is 3. The lowest BCUT2D eigenvalue weighted by atomic mass is 10.1. The van der Waals surface area contributed by atoms with Crippen molar-refractivity contribution in [2.75, 3.05) is 7.11 Å². The lowest BCUT2D eigenvalue weighted by Gasteiger charge is -2.04. The first-order valence-electron chi connectivity index (χ1n) is 3.85. The highest BCUT2D eigenvalue weighted by Crippen LogP contribution is 2.35. The number of phenols is 3. The molecule has 1 aromatic rings. The standard InChI is InChI=1S/C9H10O5/c1-14-8(12)4-5-2-6(10)9(13)7(11)3-5/h2-3,10-11,13H,4H2,1H3. The Hall–Kier alpha value is -1.91. The molecule has 76 valence electrons. The molecule has 0 atom stereocenters. The average molecular weight is 198 g/mol. The van der Waals surface area contributed by atoms with Crippen LogP contribution in [0.4, 0.5) is 0 Å².